The van der Waals surface area contributed by atoms with Crippen LogP contribution >= 0.6 is 0 Å². The van der Waals surface area contributed by atoms with Crippen LogP contribution in [0.25, 0.3) is 0 Å². The van der Waals surface area contributed by atoms with Gasteiger partial charge in [0.15, 0.2) is 11.6 Å². The molecule has 3 N–H and O–H groups in total. The summed E-state index contributed by atoms with van der Waals surface area (Å²) < 4.78 is 0. The molecule has 9 amide bonds. The SMILES string of the molecule is C/C=C/C[C@@H](C)[C@@H](O)C1C(=O)N[C@@H](CC)C(=O)N(C)CC(=O)N(C)[C@@H](CC(C)C)C(=O)C[C@@H](C(C)C)C(=O)N(C)[C@@H](CN(C)C)C(=O)C[C@@H](C)C(=O)N[C@H](C)C(=O)N(C)[C@@H](CC(C)C)C(=O)N(C)[C@@H](CC(C)C)C(=O)N(C)[C@@H](C(C)C)C(=O)N1C. The highest BCUT2D eigenvalue weighted by Gasteiger charge is 2.45. The van der Waals surface area contributed by atoms with Gasteiger partial charge in [-0.15, -0.1) is 0 Å². The summed E-state index contributed by atoms with van der Waals surface area (Å²) in [5.74, 6) is -10.4. The molecule has 0 aromatic rings. The maximum absolute atomic E-state index is 15.1. The second-order valence-corrected chi connectivity index (χ2v) is 26.4. The molecule has 1 rings (SSSR count). The Hall–Kier alpha value is -5.77. The number of aliphatic hydroxyl groups excluding tert-OH is 1. The van der Waals surface area contributed by atoms with E-state index < -0.39 is 155 Å². The van der Waals surface area contributed by atoms with Gasteiger partial charge in [-0.3, -0.25) is 52.7 Å². The lowest BCUT2D eigenvalue weighted by molar-refractivity contribution is -0.157. The molecule has 0 radical (unpaired) electrons. The molecule has 22 nitrogen and oxygen atoms in total. The van der Waals surface area contributed by atoms with E-state index in [1.807, 2.05) is 47.6 Å². The minimum absolute atomic E-state index is 0.0342. The zero-order valence-electron chi connectivity index (χ0n) is 56.3. The molecule has 1 aliphatic heterocycles. The Labute approximate surface area is 509 Å². The van der Waals surface area contributed by atoms with Crippen LogP contribution in [-0.2, 0) is 52.7 Å². The van der Waals surface area contributed by atoms with Gasteiger partial charge in [0.2, 0.25) is 53.2 Å². The number of amides is 9. The van der Waals surface area contributed by atoms with Crippen molar-refractivity contribution in [3.05, 3.63) is 12.2 Å². The van der Waals surface area contributed by atoms with E-state index in [0.29, 0.717) is 6.42 Å². The number of nitrogens with one attached hydrogen (secondary N) is 2. The van der Waals surface area contributed by atoms with Gasteiger partial charge in [-0.1, -0.05) is 102 Å². The summed E-state index contributed by atoms with van der Waals surface area (Å²) in [4.78, 5) is 171. The standard InChI is InChI=1S/C63H112N10O12/c1-25-27-28-41(13)55(77)54-57(79)65-45(26-2)60(82)67(18)35-52(76)68(19)46(29-36(3)4)51(75)33-44(39(9)10)59(81)71(22)49(34-66(16)17)50(74)32-42(14)56(78)64-43(15)58(80)69(20)47(30-37(5)6)61(83)70(21)48(31-38(7)8)62(84)72(23)53(40(11)12)63(85)73(54)24/h25,27,36-49,53-55,77H,26,28-35H2,1-24H3,(H,64,78)(H,65,79)/b27-25+/t41-,42-,43-,44+,45+,46+,47+,48+,49+,53+,54?,55-/m1/s1. The first kappa shape index (κ1) is 77.2. The third-order valence-corrected chi connectivity index (χ3v) is 16.6. The number of carbonyl (C=O) groups excluding carboxylic acids is 11. The number of aliphatic hydroxyl groups is 1. The number of Topliss-reactive ketones (excluding diaryl/α,β-unsaturated/α-hetero) is 2. The average molecular weight is 1200 g/mol. The summed E-state index contributed by atoms with van der Waals surface area (Å²) >= 11 is 0. The van der Waals surface area contributed by atoms with E-state index >= 15 is 9.59 Å². The zero-order valence-corrected chi connectivity index (χ0v) is 56.3. The molecule has 0 saturated carbocycles. The molecule has 486 valence electrons. The van der Waals surface area contributed by atoms with E-state index in [9.17, 15) is 48.3 Å². The van der Waals surface area contributed by atoms with Crippen LogP contribution in [0.15, 0.2) is 12.2 Å². The number of nitrogens with zero attached hydrogens (tertiary/aromatic N) is 8. The number of allylic oxidation sites excluding steroid dienone is 2. The zero-order chi connectivity index (χ0) is 66.0. The normalized spacial score (nSPS) is 27.1. The third kappa shape index (κ3) is 21.9. The van der Waals surface area contributed by atoms with E-state index in [4.69, 9.17) is 0 Å². The van der Waals surface area contributed by atoms with Gasteiger partial charge < -0.3 is 54.9 Å². The molecule has 0 aromatic carbocycles. The Morgan fingerprint density at radius 3 is 1.46 bits per heavy atom. The number of hydrogen-bond acceptors (Lipinski definition) is 13. The minimum Gasteiger partial charge on any atom is -0.390 e. The summed E-state index contributed by atoms with van der Waals surface area (Å²) in [7, 11) is 13.5. The molecule has 0 bridgehead atoms. The maximum atomic E-state index is 15.1. The summed E-state index contributed by atoms with van der Waals surface area (Å²) in [5, 5.41) is 17.6. The highest BCUT2D eigenvalue weighted by Crippen LogP contribution is 2.27. The molecule has 1 heterocycles. The number of carbonyl (C=O) groups is 11. The quantitative estimate of drug-likeness (QED) is 0.197. The summed E-state index contributed by atoms with van der Waals surface area (Å²) in [6.07, 6.45) is 2.41. The van der Waals surface area contributed by atoms with Crippen LogP contribution in [-0.4, -0.2) is 240 Å². The van der Waals surface area contributed by atoms with Gasteiger partial charge in [-0.2, -0.15) is 0 Å². The molecule has 1 saturated heterocycles. The van der Waals surface area contributed by atoms with Crippen LogP contribution in [0, 0.1) is 47.3 Å². The van der Waals surface area contributed by atoms with Crippen LogP contribution in [0.2, 0.25) is 0 Å². The van der Waals surface area contributed by atoms with E-state index in [-0.39, 0.29) is 62.8 Å². The summed E-state index contributed by atoms with van der Waals surface area (Å²) in [6, 6.07) is -9.63. The highest BCUT2D eigenvalue weighted by molar-refractivity contribution is 5.99. The lowest BCUT2D eigenvalue weighted by atomic mass is 9.85. The van der Waals surface area contributed by atoms with Gasteiger partial charge in [-0.05, 0) is 95.6 Å². The van der Waals surface area contributed by atoms with Crippen molar-refractivity contribution in [2.24, 2.45) is 47.3 Å². The molecule has 1 fully saturated rings. The molecule has 85 heavy (non-hydrogen) atoms. The van der Waals surface area contributed by atoms with Crippen molar-refractivity contribution in [3.8, 4) is 0 Å². The van der Waals surface area contributed by atoms with Gasteiger partial charge in [0.05, 0.1) is 18.7 Å². The molecule has 12 atom stereocenters. The fraction of sp³-hybridized carbons (Fsp3) is 0.794. The average Bonchev–Trinajstić information content (AvgIpc) is 3.62. The van der Waals surface area contributed by atoms with Gasteiger partial charge >= 0.3 is 0 Å². The number of ketones is 2. The van der Waals surface area contributed by atoms with Crippen LogP contribution < -0.4 is 10.6 Å². The molecule has 0 aromatic heterocycles. The smallest absolute Gasteiger partial charge is 0.246 e. The maximum Gasteiger partial charge on any atom is 0.246 e. The fourth-order valence-corrected chi connectivity index (χ4v) is 11.1. The van der Waals surface area contributed by atoms with E-state index in [1.165, 1.54) is 87.7 Å². The molecule has 1 unspecified atom stereocenters. The van der Waals surface area contributed by atoms with Crippen LogP contribution in [0.3, 0.4) is 0 Å². The summed E-state index contributed by atoms with van der Waals surface area (Å²) in [5.41, 5.74) is 0. The first-order valence-electron chi connectivity index (χ1n) is 30.7. The number of likely N-dealkylation sites (N-methyl/N-ethyl adjacent to an activating group) is 8. The topological polar surface area (TPSA) is 258 Å². The van der Waals surface area contributed by atoms with Gasteiger partial charge in [0.1, 0.15) is 42.3 Å². The van der Waals surface area contributed by atoms with Gasteiger partial charge in [-0.25, -0.2) is 0 Å². The third-order valence-electron chi connectivity index (χ3n) is 16.6. The number of hydrogen-bond donors (Lipinski definition) is 3. The lowest BCUT2D eigenvalue weighted by Crippen LogP contribution is -2.63. The van der Waals surface area contributed by atoms with E-state index in [0.717, 1.165) is 9.80 Å². The molecule has 0 spiro atoms. The molecule has 0 aliphatic carbocycles. The van der Waals surface area contributed by atoms with Gasteiger partial charge in [0.25, 0.3) is 0 Å². The van der Waals surface area contributed by atoms with Crippen molar-refractivity contribution < 1.29 is 57.8 Å². The van der Waals surface area contributed by atoms with E-state index in [1.54, 1.807) is 73.5 Å². The second kappa shape index (κ2) is 35.1. The molecular formula is C63H112N10O12. The van der Waals surface area contributed by atoms with Crippen molar-refractivity contribution in [3.63, 3.8) is 0 Å². The largest absolute Gasteiger partial charge is 0.390 e. The van der Waals surface area contributed by atoms with Crippen molar-refractivity contribution in [1.82, 2.24) is 49.8 Å². The van der Waals surface area contributed by atoms with Crippen molar-refractivity contribution >= 4 is 64.7 Å². The Kier molecular flexibility index (Phi) is 31.9. The fourth-order valence-electron chi connectivity index (χ4n) is 11.1. The Balaban J connectivity index is 4.32. The predicted octanol–water partition coefficient (Wildman–Crippen LogP) is 3.97. The minimum atomic E-state index is -1.60. The molecular weight excluding hydrogens is 1090 g/mol. The highest BCUT2D eigenvalue weighted by atomic mass is 16.3. The first-order valence-corrected chi connectivity index (χ1v) is 30.7. The van der Waals surface area contributed by atoms with Crippen LogP contribution in [0.4, 0.5) is 0 Å². The predicted molar refractivity (Wildman–Crippen MR) is 330 cm³/mol. The van der Waals surface area contributed by atoms with Crippen molar-refractivity contribution in [1.29, 1.82) is 0 Å². The lowest BCUT2D eigenvalue weighted by Gasteiger charge is -2.41. The monoisotopic (exact) mass is 1200 g/mol. The second-order valence-electron chi connectivity index (χ2n) is 26.4. The van der Waals surface area contributed by atoms with Crippen LogP contribution in [0.1, 0.15) is 149 Å². The Morgan fingerprint density at radius 2 is 1.00 bits per heavy atom. The molecule has 1 aliphatic rings. The Bertz CT molecular complexity index is 2320. The van der Waals surface area contributed by atoms with Crippen molar-refractivity contribution in [2.45, 2.75) is 203 Å². The molecule has 22 heteroatoms. The van der Waals surface area contributed by atoms with Crippen molar-refractivity contribution in [2.75, 3.05) is 76.5 Å². The van der Waals surface area contributed by atoms with Gasteiger partial charge in [0, 0.05) is 80.6 Å². The van der Waals surface area contributed by atoms with Crippen LogP contribution in [0.5, 0.6) is 0 Å². The van der Waals surface area contributed by atoms with E-state index in [2.05, 4.69) is 10.6 Å². The first-order chi connectivity index (χ1) is 39.2. The Morgan fingerprint density at radius 1 is 0.541 bits per heavy atom. The summed E-state index contributed by atoms with van der Waals surface area (Å²) in [6.45, 7) is 26.1. The number of rotatable bonds is 15.